The minimum absolute atomic E-state index is 0.0831. The van der Waals surface area contributed by atoms with Gasteiger partial charge in [0.25, 0.3) is 0 Å². The van der Waals surface area contributed by atoms with Gasteiger partial charge in [0.2, 0.25) is 5.91 Å². The van der Waals surface area contributed by atoms with Gasteiger partial charge in [0.15, 0.2) is 11.5 Å². The maximum atomic E-state index is 12.6. The molecule has 2 fully saturated rings. The molecule has 1 saturated carbocycles. The molecule has 2 aromatic rings. The second kappa shape index (κ2) is 9.73. The predicted octanol–water partition coefficient (Wildman–Crippen LogP) is 3.91. The lowest BCUT2D eigenvalue weighted by Crippen LogP contribution is -2.48. The summed E-state index contributed by atoms with van der Waals surface area (Å²) in [7, 11) is 1.66. The summed E-state index contributed by atoms with van der Waals surface area (Å²) < 4.78 is 19.3. The Morgan fingerprint density at radius 2 is 1.87 bits per heavy atom. The van der Waals surface area contributed by atoms with Gasteiger partial charge in [-0.3, -0.25) is 9.48 Å². The Kier molecular flexibility index (Phi) is 6.80. The van der Waals surface area contributed by atoms with Crippen molar-refractivity contribution in [2.24, 2.45) is 0 Å². The zero-order valence-corrected chi connectivity index (χ0v) is 18.8. The van der Waals surface area contributed by atoms with Crippen molar-refractivity contribution < 1.29 is 19.0 Å². The van der Waals surface area contributed by atoms with Gasteiger partial charge in [-0.25, -0.2) is 0 Å². The van der Waals surface area contributed by atoms with Crippen LogP contribution in [0.4, 0.5) is 0 Å². The van der Waals surface area contributed by atoms with E-state index in [1.165, 1.54) is 12.8 Å². The predicted molar refractivity (Wildman–Crippen MR) is 118 cm³/mol. The van der Waals surface area contributed by atoms with Crippen molar-refractivity contribution in [1.82, 2.24) is 14.7 Å². The highest BCUT2D eigenvalue weighted by Gasteiger charge is 2.25. The Balaban J connectivity index is 1.39. The normalized spacial score (nSPS) is 22.0. The molecule has 2 aliphatic rings. The lowest BCUT2D eigenvalue weighted by Gasteiger charge is -2.35. The highest BCUT2D eigenvalue weighted by molar-refractivity contribution is 5.76. The fraction of sp³-hybridized carbons (Fsp3) is 0.583. The minimum atomic E-state index is 0.0831. The molecule has 1 aromatic carbocycles. The van der Waals surface area contributed by atoms with Crippen LogP contribution in [0.1, 0.15) is 46.0 Å². The second-order valence-electron chi connectivity index (χ2n) is 8.66. The van der Waals surface area contributed by atoms with Crippen LogP contribution >= 0.6 is 0 Å². The van der Waals surface area contributed by atoms with E-state index in [9.17, 15) is 4.79 Å². The third-order valence-electron chi connectivity index (χ3n) is 6.02. The van der Waals surface area contributed by atoms with Crippen LogP contribution < -0.4 is 9.47 Å². The summed E-state index contributed by atoms with van der Waals surface area (Å²) in [6.07, 6.45) is 7.41. The molecule has 1 saturated heterocycles. The van der Waals surface area contributed by atoms with Gasteiger partial charge in [0, 0.05) is 37.8 Å². The Morgan fingerprint density at radius 3 is 2.58 bits per heavy atom. The number of carbonyl (C=O) groups is 1. The van der Waals surface area contributed by atoms with Gasteiger partial charge in [-0.05, 0) is 63.8 Å². The molecule has 168 valence electrons. The van der Waals surface area contributed by atoms with E-state index in [0.29, 0.717) is 26.1 Å². The van der Waals surface area contributed by atoms with E-state index >= 15 is 0 Å². The average molecular weight is 428 g/mol. The molecule has 4 rings (SSSR count). The van der Waals surface area contributed by atoms with Crippen LogP contribution in [0.5, 0.6) is 11.5 Å². The maximum absolute atomic E-state index is 12.6. The average Bonchev–Trinajstić information content (AvgIpc) is 3.43. The summed E-state index contributed by atoms with van der Waals surface area (Å²) in [5.74, 6) is 1.66. The standard InChI is InChI=1S/C24H33N3O4/c1-17-15-26(16-18(2)30-17)24(28)11-13-27-12-10-21(25-27)19-8-9-22(29-3)23(14-19)31-20-6-4-5-7-20/h8-10,12,14,17-18,20H,4-7,11,13,15-16H2,1-3H3/t17-,18-/m1/s1. The maximum Gasteiger partial charge on any atom is 0.224 e. The van der Waals surface area contributed by atoms with Crippen molar-refractivity contribution in [2.75, 3.05) is 20.2 Å². The topological polar surface area (TPSA) is 65.8 Å². The number of carbonyl (C=O) groups excluding carboxylic acids is 1. The SMILES string of the molecule is COc1ccc(-c2ccn(CCC(=O)N3C[C@@H](C)O[C@H](C)C3)n2)cc1OC1CCCC1. The highest BCUT2D eigenvalue weighted by atomic mass is 16.5. The third kappa shape index (κ3) is 5.39. The number of rotatable bonds is 7. The van der Waals surface area contributed by atoms with Crippen LogP contribution in [0.3, 0.4) is 0 Å². The molecule has 1 aliphatic carbocycles. The van der Waals surface area contributed by atoms with Gasteiger partial charge in [0.05, 0.1) is 31.1 Å². The molecule has 2 atom stereocenters. The molecule has 0 radical (unpaired) electrons. The first-order valence-corrected chi connectivity index (χ1v) is 11.3. The van der Waals surface area contributed by atoms with E-state index in [1.54, 1.807) is 7.11 Å². The van der Waals surface area contributed by atoms with E-state index in [2.05, 4.69) is 5.10 Å². The molecule has 0 unspecified atom stereocenters. The Morgan fingerprint density at radius 1 is 1.13 bits per heavy atom. The molecule has 7 heteroatoms. The Hall–Kier alpha value is -2.54. The fourth-order valence-corrected chi connectivity index (χ4v) is 4.50. The van der Waals surface area contributed by atoms with E-state index in [1.807, 2.05) is 53.9 Å². The Bertz CT molecular complexity index is 881. The summed E-state index contributed by atoms with van der Waals surface area (Å²) in [6, 6.07) is 7.91. The van der Waals surface area contributed by atoms with Gasteiger partial charge in [-0.1, -0.05) is 0 Å². The number of benzene rings is 1. The molecule has 7 nitrogen and oxygen atoms in total. The van der Waals surface area contributed by atoms with Crippen LogP contribution in [-0.4, -0.2) is 59.1 Å². The summed E-state index contributed by atoms with van der Waals surface area (Å²) in [5, 5.41) is 4.68. The van der Waals surface area contributed by atoms with Crippen LogP contribution in [-0.2, 0) is 16.1 Å². The summed E-state index contributed by atoms with van der Waals surface area (Å²) in [6.45, 7) is 5.89. The van der Waals surface area contributed by atoms with E-state index < -0.39 is 0 Å². The molecule has 0 spiro atoms. The minimum Gasteiger partial charge on any atom is -0.493 e. The highest BCUT2D eigenvalue weighted by Crippen LogP contribution is 2.35. The largest absolute Gasteiger partial charge is 0.493 e. The third-order valence-corrected chi connectivity index (χ3v) is 6.02. The van der Waals surface area contributed by atoms with Gasteiger partial charge >= 0.3 is 0 Å². The first kappa shape index (κ1) is 21.7. The van der Waals surface area contributed by atoms with Gasteiger partial charge in [0.1, 0.15) is 0 Å². The van der Waals surface area contributed by atoms with Crippen LogP contribution in [0.15, 0.2) is 30.5 Å². The van der Waals surface area contributed by atoms with Crippen LogP contribution in [0, 0.1) is 0 Å². The Labute approximate surface area is 184 Å². The van der Waals surface area contributed by atoms with E-state index in [0.717, 1.165) is 35.6 Å². The molecule has 31 heavy (non-hydrogen) atoms. The molecule has 0 N–H and O–H groups in total. The number of amides is 1. The van der Waals surface area contributed by atoms with Gasteiger partial charge in [-0.15, -0.1) is 0 Å². The molecule has 2 heterocycles. The summed E-state index contributed by atoms with van der Waals surface area (Å²) in [5.41, 5.74) is 1.84. The monoisotopic (exact) mass is 427 g/mol. The van der Waals surface area contributed by atoms with E-state index in [-0.39, 0.29) is 24.2 Å². The molecule has 1 aliphatic heterocycles. The fourth-order valence-electron chi connectivity index (χ4n) is 4.50. The number of hydrogen-bond donors (Lipinski definition) is 0. The first-order chi connectivity index (χ1) is 15.0. The number of aryl methyl sites for hydroxylation is 1. The van der Waals surface area contributed by atoms with Gasteiger partial charge in [-0.2, -0.15) is 5.10 Å². The van der Waals surface area contributed by atoms with Crippen molar-refractivity contribution in [3.63, 3.8) is 0 Å². The molecule has 0 bridgehead atoms. The second-order valence-corrected chi connectivity index (χ2v) is 8.66. The van der Waals surface area contributed by atoms with Crippen molar-refractivity contribution in [3.05, 3.63) is 30.5 Å². The number of methoxy groups -OCH3 is 1. The number of nitrogens with zero attached hydrogens (tertiary/aromatic N) is 3. The molecular formula is C24H33N3O4. The van der Waals surface area contributed by atoms with Crippen LogP contribution in [0.2, 0.25) is 0 Å². The first-order valence-electron chi connectivity index (χ1n) is 11.3. The van der Waals surface area contributed by atoms with Crippen molar-refractivity contribution in [2.45, 2.75) is 70.8 Å². The van der Waals surface area contributed by atoms with Gasteiger partial charge < -0.3 is 19.1 Å². The molecular weight excluding hydrogens is 394 g/mol. The van der Waals surface area contributed by atoms with Crippen molar-refractivity contribution in [3.8, 4) is 22.8 Å². The molecule has 1 aromatic heterocycles. The number of ether oxygens (including phenoxy) is 3. The zero-order chi connectivity index (χ0) is 21.8. The number of hydrogen-bond acceptors (Lipinski definition) is 5. The quantitative estimate of drug-likeness (QED) is 0.670. The lowest BCUT2D eigenvalue weighted by molar-refractivity contribution is -0.143. The summed E-state index contributed by atoms with van der Waals surface area (Å²) >= 11 is 0. The lowest BCUT2D eigenvalue weighted by atomic mass is 10.1. The van der Waals surface area contributed by atoms with E-state index in [4.69, 9.17) is 14.2 Å². The molecule has 1 amide bonds. The summed E-state index contributed by atoms with van der Waals surface area (Å²) in [4.78, 5) is 14.5. The van der Waals surface area contributed by atoms with Crippen molar-refractivity contribution in [1.29, 1.82) is 0 Å². The van der Waals surface area contributed by atoms with Crippen molar-refractivity contribution >= 4 is 5.91 Å². The number of aromatic nitrogens is 2. The van der Waals surface area contributed by atoms with Crippen LogP contribution in [0.25, 0.3) is 11.3 Å². The smallest absolute Gasteiger partial charge is 0.224 e. The number of morpholine rings is 1. The zero-order valence-electron chi connectivity index (χ0n) is 18.8.